The molecule has 0 bridgehead atoms. The van der Waals surface area contributed by atoms with Gasteiger partial charge in [-0.15, -0.1) is 0 Å². The van der Waals surface area contributed by atoms with Crippen molar-refractivity contribution in [3.63, 3.8) is 0 Å². The largest absolute Gasteiger partial charge is 0.398 e. The number of hydrogen-bond donors (Lipinski definition) is 1. The van der Waals surface area contributed by atoms with Gasteiger partial charge >= 0.3 is 0 Å². The van der Waals surface area contributed by atoms with Crippen LogP contribution in [0.25, 0.3) is 0 Å². The molecule has 1 aromatic rings. The van der Waals surface area contributed by atoms with Crippen LogP contribution in [0.1, 0.15) is 24.8 Å². The third kappa shape index (κ3) is 2.15. The van der Waals surface area contributed by atoms with E-state index in [2.05, 4.69) is 0 Å². The van der Waals surface area contributed by atoms with E-state index in [4.69, 9.17) is 5.73 Å². The molecule has 1 aromatic carbocycles. The quantitative estimate of drug-likeness (QED) is 0.843. The summed E-state index contributed by atoms with van der Waals surface area (Å²) < 4.78 is 26.8. The highest BCUT2D eigenvalue weighted by Gasteiger charge is 2.41. The van der Waals surface area contributed by atoms with E-state index in [0.717, 1.165) is 5.56 Å². The molecule has 1 saturated carbocycles. The van der Waals surface area contributed by atoms with Crippen LogP contribution in [0.4, 0.5) is 5.69 Å². The number of benzene rings is 1. The number of hydrogen-bond acceptors (Lipinski definition) is 3. The zero-order valence-corrected chi connectivity index (χ0v) is 12.0. The molecule has 1 saturated heterocycles. The molecular weight excluding hydrogens is 260 g/mol. The molecule has 2 N–H and O–H groups in total. The number of rotatable bonds is 2. The summed E-state index contributed by atoms with van der Waals surface area (Å²) in [5.74, 6) is 1.13. The van der Waals surface area contributed by atoms with Crippen molar-refractivity contribution in [1.82, 2.24) is 4.31 Å². The minimum absolute atomic E-state index is 0.329. The number of anilines is 1. The minimum atomic E-state index is -3.37. The molecule has 5 heteroatoms. The standard InChI is InChI=1S/C14H20N2O2S/c1-10-5-6-13(7-14(10)15)19(17,18)16-8-11-3-2-4-12(11)9-16/h5-7,11-12H,2-4,8-9,15H2,1H3. The Morgan fingerprint density at radius 3 is 2.42 bits per heavy atom. The molecule has 1 heterocycles. The van der Waals surface area contributed by atoms with Gasteiger partial charge in [-0.3, -0.25) is 0 Å². The van der Waals surface area contributed by atoms with Crippen molar-refractivity contribution in [3.05, 3.63) is 23.8 Å². The van der Waals surface area contributed by atoms with Crippen LogP contribution < -0.4 is 5.73 Å². The first-order valence-electron chi connectivity index (χ1n) is 6.85. The number of aryl methyl sites for hydroxylation is 1. The average molecular weight is 280 g/mol. The SMILES string of the molecule is Cc1ccc(S(=O)(=O)N2CC3CCCC3C2)cc1N. The first kappa shape index (κ1) is 12.9. The predicted octanol–water partition coefficient (Wildman–Crippen LogP) is 2.00. The highest BCUT2D eigenvalue weighted by atomic mass is 32.2. The van der Waals surface area contributed by atoms with Gasteiger partial charge in [0.1, 0.15) is 0 Å². The van der Waals surface area contributed by atoms with E-state index >= 15 is 0 Å². The van der Waals surface area contributed by atoms with Crippen LogP contribution in [0.15, 0.2) is 23.1 Å². The summed E-state index contributed by atoms with van der Waals surface area (Å²) >= 11 is 0. The molecule has 0 aromatic heterocycles. The van der Waals surface area contributed by atoms with Crippen LogP contribution in [-0.2, 0) is 10.0 Å². The molecule has 19 heavy (non-hydrogen) atoms. The Labute approximate surface area is 114 Å². The third-order valence-electron chi connectivity index (χ3n) is 4.58. The molecule has 104 valence electrons. The summed E-state index contributed by atoms with van der Waals surface area (Å²) in [7, 11) is -3.37. The van der Waals surface area contributed by atoms with Crippen molar-refractivity contribution in [2.24, 2.45) is 11.8 Å². The molecule has 0 spiro atoms. The van der Waals surface area contributed by atoms with E-state index in [9.17, 15) is 8.42 Å². The Kier molecular flexibility index (Phi) is 3.06. The molecule has 3 rings (SSSR count). The summed E-state index contributed by atoms with van der Waals surface area (Å²) in [4.78, 5) is 0.329. The normalized spacial score (nSPS) is 27.6. The number of nitrogen functional groups attached to an aromatic ring is 1. The monoisotopic (exact) mass is 280 g/mol. The zero-order valence-electron chi connectivity index (χ0n) is 11.2. The van der Waals surface area contributed by atoms with Crippen LogP contribution in [-0.4, -0.2) is 25.8 Å². The minimum Gasteiger partial charge on any atom is -0.398 e. The van der Waals surface area contributed by atoms with E-state index < -0.39 is 10.0 Å². The lowest BCUT2D eigenvalue weighted by molar-refractivity contribution is 0.445. The highest BCUT2D eigenvalue weighted by molar-refractivity contribution is 7.89. The van der Waals surface area contributed by atoms with Crippen molar-refractivity contribution in [2.75, 3.05) is 18.8 Å². The van der Waals surface area contributed by atoms with Gasteiger partial charge < -0.3 is 5.73 Å². The van der Waals surface area contributed by atoms with Crippen LogP contribution in [0, 0.1) is 18.8 Å². The average Bonchev–Trinajstić information content (AvgIpc) is 2.93. The Bertz CT molecular complexity index is 585. The topological polar surface area (TPSA) is 63.4 Å². The molecule has 2 unspecified atom stereocenters. The second-order valence-corrected chi connectivity index (χ2v) is 7.73. The zero-order chi connectivity index (χ0) is 13.6. The van der Waals surface area contributed by atoms with Crippen LogP contribution >= 0.6 is 0 Å². The highest BCUT2D eigenvalue weighted by Crippen LogP contribution is 2.39. The molecular formula is C14H20N2O2S. The molecule has 2 atom stereocenters. The van der Waals surface area contributed by atoms with Gasteiger partial charge in [0.15, 0.2) is 0 Å². The van der Waals surface area contributed by atoms with Gasteiger partial charge in [-0.05, 0) is 49.3 Å². The van der Waals surface area contributed by atoms with Gasteiger partial charge in [0.05, 0.1) is 4.90 Å². The Balaban J connectivity index is 1.88. The molecule has 1 aliphatic heterocycles. The molecule has 4 nitrogen and oxygen atoms in total. The Morgan fingerprint density at radius 1 is 1.21 bits per heavy atom. The van der Waals surface area contributed by atoms with Gasteiger partial charge in [-0.1, -0.05) is 12.5 Å². The molecule has 0 radical (unpaired) electrons. The van der Waals surface area contributed by atoms with Crippen LogP contribution in [0.2, 0.25) is 0 Å². The van der Waals surface area contributed by atoms with Crippen LogP contribution in [0.5, 0.6) is 0 Å². The number of nitrogens with zero attached hydrogens (tertiary/aromatic N) is 1. The molecule has 0 amide bonds. The van der Waals surface area contributed by atoms with Gasteiger partial charge in [-0.25, -0.2) is 8.42 Å². The molecule has 2 aliphatic rings. The van der Waals surface area contributed by atoms with Crippen molar-refractivity contribution < 1.29 is 8.42 Å². The van der Waals surface area contributed by atoms with Crippen LogP contribution in [0.3, 0.4) is 0 Å². The summed E-state index contributed by atoms with van der Waals surface area (Å²) in [6, 6.07) is 5.02. The van der Waals surface area contributed by atoms with E-state index in [0.29, 0.717) is 35.5 Å². The van der Waals surface area contributed by atoms with E-state index in [1.165, 1.54) is 19.3 Å². The summed E-state index contributed by atoms with van der Waals surface area (Å²) in [6.07, 6.45) is 3.60. The predicted molar refractivity (Wildman–Crippen MR) is 75.2 cm³/mol. The summed E-state index contributed by atoms with van der Waals surface area (Å²) in [5.41, 5.74) is 7.28. The summed E-state index contributed by atoms with van der Waals surface area (Å²) in [6.45, 7) is 3.24. The van der Waals surface area contributed by atoms with Crippen molar-refractivity contribution >= 4 is 15.7 Å². The molecule has 2 fully saturated rings. The van der Waals surface area contributed by atoms with Crippen molar-refractivity contribution in [3.8, 4) is 0 Å². The molecule has 1 aliphatic carbocycles. The number of nitrogens with two attached hydrogens (primary N) is 1. The second-order valence-electron chi connectivity index (χ2n) is 5.79. The van der Waals surface area contributed by atoms with Gasteiger partial charge in [0, 0.05) is 18.8 Å². The number of fused-ring (bicyclic) bond motifs is 1. The van der Waals surface area contributed by atoms with Gasteiger partial charge in [0.25, 0.3) is 0 Å². The summed E-state index contributed by atoms with van der Waals surface area (Å²) in [5, 5.41) is 0. The maximum atomic E-state index is 12.6. The van der Waals surface area contributed by atoms with E-state index in [1.807, 2.05) is 6.92 Å². The fourth-order valence-corrected chi connectivity index (χ4v) is 4.91. The Morgan fingerprint density at radius 2 is 1.84 bits per heavy atom. The lowest BCUT2D eigenvalue weighted by atomic mass is 10.0. The Hall–Kier alpha value is -1.07. The fraction of sp³-hybridized carbons (Fsp3) is 0.571. The fourth-order valence-electron chi connectivity index (χ4n) is 3.32. The smallest absolute Gasteiger partial charge is 0.243 e. The maximum absolute atomic E-state index is 12.6. The second kappa shape index (κ2) is 4.49. The van der Waals surface area contributed by atoms with Crippen molar-refractivity contribution in [1.29, 1.82) is 0 Å². The van der Waals surface area contributed by atoms with E-state index in [1.54, 1.807) is 22.5 Å². The number of sulfonamides is 1. The maximum Gasteiger partial charge on any atom is 0.243 e. The van der Waals surface area contributed by atoms with Crippen molar-refractivity contribution in [2.45, 2.75) is 31.1 Å². The third-order valence-corrected chi connectivity index (χ3v) is 6.41. The van der Waals surface area contributed by atoms with Gasteiger partial charge in [-0.2, -0.15) is 4.31 Å². The lowest BCUT2D eigenvalue weighted by Crippen LogP contribution is -2.29. The van der Waals surface area contributed by atoms with E-state index in [-0.39, 0.29) is 0 Å². The first-order valence-corrected chi connectivity index (χ1v) is 8.29. The lowest BCUT2D eigenvalue weighted by Gasteiger charge is -2.17. The first-order chi connectivity index (χ1) is 8.98. The van der Waals surface area contributed by atoms with Gasteiger partial charge in [0.2, 0.25) is 10.0 Å².